The number of pyridine rings is 1. The number of thiazole rings is 1. The average molecular weight is 563 g/mol. The van der Waals surface area contributed by atoms with Crippen LogP contribution in [0.4, 0.5) is 15.8 Å². The van der Waals surface area contributed by atoms with Crippen molar-refractivity contribution in [2.75, 3.05) is 23.9 Å². The highest BCUT2D eigenvalue weighted by Gasteiger charge is 2.09. The lowest BCUT2D eigenvalue weighted by Crippen LogP contribution is -2.21. The predicted molar refractivity (Wildman–Crippen MR) is 155 cm³/mol. The number of benzene rings is 3. The van der Waals surface area contributed by atoms with Crippen molar-refractivity contribution in [2.45, 2.75) is 13.2 Å². The van der Waals surface area contributed by atoms with Crippen molar-refractivity contribution in [3.8, 4) is 17.0 Å². The van der Waals surface area contributed by atoms with E-state index in [1.807, 2.05) is 60.0 Å². The second-order valence-electron chi connectivity index (χ2n) is 9.09. The summed E-state index contributed by atoms with van der Waals surface area (Å²) in [6, 6.07) is 22.0. The SMILES string of the molecule is CS(=O)(=O)CCNCc1nc(-c2ccc3c(Nc4ccc(OCc5cccc(F)c5)cc4)ccnc3c2)cs1. The lowest BCUT2D eigenvalue weighted by Gasteiger charge is -2.11. The lowest BCUT2D eigenvalue weighted by atomic mass is 10.1. The number of rotatable bonds is 11. The van der Waals surface area contributed by atoms with Gasteiger partial charge in [0.15, 0.2) is 0 Å². The average Bonchev–Trinajstić information content (AvgIpc) is 3.39. The van der Waals surface area contributed by atoms with Gasteiger partial charge in [0.25, 0.3) is 0 Å². The second-order valence-corrected chi connectivity index (χ2v) is 12.3. The number of hydrogen-bond donors (Lipinski definition) is 2. The number of halogens is 1. The van der Waals surface area contributed by atoms with Crippen LogP contribution in [0.5, 0.6) is 5.75 Å². The first-order valence-electron chi connectivity index (χ1n) is 12.3. The molecule has 7 nitrogen and oxygen atoms in total. The van der Waals surface area contributed by atoms with E-state index in [0.29, 0.717) is 25.4 Å². The highest BCUT2D eigenvalue weighted by molar-refractivity contribution is 7.90. The summed E-state index contributed by atoms with van der Waals surface area (Å²) in [5.74, 6) is 0.522. The van der Waals surface area contributed by atoms with Gasteiger partial charge in [-0.15, -0.1) is 11.3 Å². The second kappa shape index (κ2) is 11.9. The van der Waals surface area contributed by atoms with E-state index < -0.39 is 9.84 Å². The minimum atomic E-state index is -2.98. The molecule has 0 aliphatic heterocycles. The van der Waals surface area contributed by atoms with Crippen molar-refractivity contribution in [1.29, 1.82) is 0 Å². The summed E-state index contributed by atoms with van der Waals surface area (Å²) in [6.07, 6.45) is 3.00. The van der Waals surface area contributed by atoms with E-state index in [4.69, 9.17) is 9.72 Å². The topological polar surface area (TPSA) is 93.2 Å². The lowest BCUT2D eigenvalue weighted by molar-refractivity contribution is 0.305. The Morgan fingerprint density at radius 2 is 1.87 bits per heavy atom. The molecule has 0 unspecified atom stereocenters. The first-order chi connectivity index (χ1) is 18.8. The molecule has 5 rings (SSSR count). The molecule has 0 radical (unpaired) electrons. The molecule has 39 heavy (non-hydrogen) atoms. The summed E-state index contributed by atoms with van der Waals surface area (Å²) in [6.45, 7) is 1.21. The molecule has 0 bridgehead atoms. The van der Waals surface area contributed by atoms with Crippen LogP contribution < -0.4 is 15.4 Å². The van der Waals surface area contributed by atoms with Gasteiger partial charge in [-0.25, -0.2) is 17.8 Å². The van der Waals surface area contributed by atoms with Gasteiger partial charge in [0, 0.05) is 53.2 Å². The number of anilines is 2. The fraction of sp³-hybridized carbons (Fsp3) is 0.172. The fourth-order valence-corrected chi connectivity index (χ4v) is 5.27. The third-order valence-corrected chi connectivity index (χ3v) is 7.74. The highest BCUT2D eigenvalue weighted by Crippen LogP contribution is 2.30. The van der Waals surface area contributed by atoms with E-state index in [0.717, 1.165) is 44.1 Å². The van der Waals surface area contributed by atoms with E-state index in [1.165, 1.54) is 29.7 Å². The summed E-state index contributed by atoms with van der Waals surface area (Å²) >= 11 is 1.53. The van der Waals surface area contributed by atoms with Gasteiger partial charge >= 0.3 is 0 Å². The maximum absolute atomic E-state index is 13.4. The molecule has 0 spiro atoms. The van der Waals surface area contributed by atoms with Crippen molar-refractivity contribution in [3.63, 3.8) is 0 Å². The number of sulfone groups is 1. The first kappa shape index (κ1) is 26.7. The van der Waals surface area contributed by atoms with Gasteiger partial charge in [-0.1, -0.05) is 24.3 Å². The zero-order valence-electron chi connectivity index (χ0n) is 21.2. The molecule has 0 aliphatic carbocycles. The van der Waals surface area contributed by atoms with Gasteiger partial charge in [0.05, 0.1) is 17.0 Å². The largest absolute Gasteiger partial charge is 0.489 e. The van der Waals surface area contributed by atoms with Crippen LogP contribution in [0.2, 0.25) is 0 Å². The van der Waals surface area contributed by atoms with E-state index in [-0.39, 0.29) is 11.6 Å². The maximum atomic E-state index is 13.4. The highest BCUT2D eigenvalue weighted by atomic mass is 32.2. The number of nitrogens with zero attached hydrogens (tertiary/aromatic N) is 2. The van der Waals surface area contributed by atoms with E-state index in [9.17, 15) is 12.8 Å². The van der Waals surface area contributed by atoms with Crippen molar-refractivity contribution in [2.24, 2.45) is 0 Å². The summed E-state index contributed by atoms with van der Waals surface area (Å²) in [4.78, 5) is 9.24. The third kappa shape index (κ3) is 7.38. The zero-order chi connectivity index (χ0) is 27.2. The summed E-state index contributed by atoms with van der Waals surface area (Å²) in [7, 11) is -2.98. The number of ether oxygens (including phenoxy) is 1. The number of hydrogen-bond acceptors (Lipinski definition) is 8. The molecule has 0 atom stereocenters. The van der Waals surface area contributed by atoms with Crippen LogP contribution in [-0.2, 0) is 23.0 Å². The minimum absolute atomic E-state index is 0.104. The van der Waals surface area contributed by atoms with Crippen molar-refractivity contribution in [3.05, 3.63) is 101 Å². The molecule has 2 N–H and O–H groups in total. The Morgan fingerprint density at radius 3 is 2.67 bits per heavy atom. The monoisotopic (exact) mass is 562 g/mol. The van der Waals surface area contributed by atoms with Crippen LogP contribution in [0, 0.1) is 5.82 Å². The van der Waals surface area contributed by atoms with Gasteiger partial charge in [-0.2, -0.15) is 0 Å². The molecule has 0 aliphatic rings. The minimum Gasteiger partial charge on any atom is -0.489 e. The van der Waals surface area contributed by atoms with Gasteiger partial charge in [0.2, 0.25) is 0 Å². The van der Waals surface area contributed by atoms with Crippen LogP contribution in [0.3, 0.4) is 0 Å². The molecule has 2 heterocycles. The molecule has 0 saturated carbocycles. The molecular weight excluding hydrogens is 535 g/mol. The normalized spacial score (nSPS) is 11.5. The van der Waals surface area contributed by atoms with Crippen molar-refractivity contribution < 1.29 is 17.5 Å². The molecule has 2 aromatic heterocycles. The number of fused-ring (bicyclic) bond motifs is 1. The Kier molecular flexibility index (Phi) is 8.16. The van der Waals surface area contributed by atoms with E-state index in [2.05, 4.69) is 15.6 Å². The standard InChI is InChI=1S/C29H27FN4O3S2/c1-39(35,36)14-13-31-17-29-34-28(19-38-29)21-5-10-25-26(11-12-32-27(25)16-21)33-23-6-8-24(9-7-23)37-18-20-3-2-4-22(30)15-20/h2-12,15-16,19,31H,13-14,17-18H2,1H3,(H,32,33). The number of nitrogens with one attached hydrogen (secondary N) is 2. The third-order valence-electron chi connectivity index (χ3n) is 5.94. The predicted octanol–water partition coefficient (Wildman–Crippen LogP) is 5.95. The molecule has 0 saturated heterocycles. The molecule has 200 valence electrons. The Morgan fingerprint density at radius 1 is 1.03 bits per heavy atom. The van der Waals surface area contributed by atoms with Gasteiger partial charge in [0.1, 0.15) is 33.0 Å². The van der Waals surface area contributed by atoms with Gasteiger partial charge in [-0.3, -0.25) is 4.98 Å². The van der Waals surface area contributed by atoms with Crippen LogP contribution in [0.25, 0.3) is 22.2 Å². The smallest absolute Gasteiger partial charge is 0.148 e. The van der Waals surface area contributed by atoms with Gasteiger partial charge in [-0.05, 0) is 54.1 Å². The summed E-state index contributed by atoms with van der Waals surface area (Å²) in [5.41, 5.74) is 5.26. The Hall–Kier alpha value is -3.86. The maximum Gasteiger partial charge on any atom is 0.148 e. The molecule has 0 amide bonds. The van der Waals surface area contributed by atoms with E-state index >= 15 is 0 Å². The molecule has 3 aromatic carbocycles. The molecule has 0 fully saturated rings. The van der Waals surface area contributed by atoms with Crippen LogP contribution in [0.1, 0.15) is 10.6 Å². The summed E-state index contributed by atoms with van der Waals surface area (Å²) < 4.78 is 41.7. The van der Waals surface area contributed by atoms with Crippen LogP contribution >= 0.6 is 11.3 Å². The molecule has 5 aromatic rings. The zero-order valence-corrected chi connectivity index (χ0v) is 22.9. The molecule has 10 heteroatoms. The Balaban J connectivity index is 1.23. The van der Waals surface area contributed by atoms with Crippen molar-refractivity contribution in [1.82, 2.24) is 15.3 Å². The molecular formula is C29H27FN4O3S2. The van der Waals surface area contributed by atoms with Gasteiger partial charge < -0.3 is 15.4 Å². The number of aromatic nitrogens is 2. The Labute approximate surface area is 230 Å². The van der Waals surface area contributed by atoms with E-state index in [1.54, 1.807) is 12.3 Å². The van der Waals surface area contributed by atoms with Crippen LogP contribution in [0.15, 0.2) is 84.4 Å². The fourth-order valence-electron chi connectivity index (χ4n) is 3.98. The first-order valence-corrected chi connectivity index (χ1v) is 15.2. The quantitative estimate of drug-likeness (QED) is 0.192. The van der Waals surface area contributed by atoms with Crippen LogP contribution in [-0.4, -0.2) is 36.9 Å². The van der Waals surface area contributed by atoms with Crippen molar-refractivity contribution >= 4 is 43.5 Å². The Bertz CT molecular complexity index is 1690. The summed E-state index contributed by atoms with van der Waals surface area (Å²) in [5, 5.41) is 10.4.